The topological polar surface area (TPSA) is 196 Å². The van der Waals surface area contributed by atoms with Crippen LogP contribution in [0.2, 0.25) is 0 Å². The van der Waals surface area contributed by atoms with Crippen LogP contribution in [-0.4, -0.2) is 64.0 Å². The largest absolute Gasteiger partial charge is 0.481 e. The Labute approximate surface area is 203 Å². The number of hydrogen-bond donors (Lipinski definition) is 5. The number of amidine groups is 1. The maximum Gasteiger partial charge on any atom is 0.355 e. The van der Waals surface area contributed by atoms with Crippen LogP contribution in [0, 0.1) is 11.2 Å². The SMILES string of the molecule is CCN(CCC(=O)N[C@H](CCC(=O)O)C(=O)O)c1ncc(C(=O)Oc2ccc(C(=N)N)cc2F)s1. The highest BCUT2D eigenvalue weighted by Crippen LogP contribution is 2.25. The Morgan fingerprint density at radius 3 is 2.57 bits per heavy atom. The van der Waals surface area contributed by atoms with Gasteiger partial charge in [-0.3, -0.25) is 15.0 Å². The van der Waals surface area contributed by atoms with Crippen LogP contribution >= 0.6 is 11.3 Å². The molecular formula is C21H24FN5O7S. The second kappa shape index (κ2) is 12.4. The van der Waals surface area contributed by atoms with Crippen molar-refractivity contribution < 1.29 is 38.5 Å². The van der Waals surface area contributed by atoms with Crippen LogP contribution in [0.1, 0.15) is 41.4 Å². The van der Waals surface area contributed by atoms with Crippen molar-refractivity contribution in [2.45, 2.75) is 32.2 Å². The number of aliphatic carboxylic acids is 2. The van der Waals surface area contributed by atoms with Gasteiger partial charge in [0.25, 0.3) is 0 Å². The normalized spacial score (nSPS) is 11.4. The van der Waals surface area contributed by atoms with E-state index in [9.17, 15) is 23.6 Å². The van der Waals surface area contributed by atoms with Crippen molar-refractivity contribution in [3.05, 3.63) is 40.7 Å². The van der Waals surface area contributed by atoms with Gasteiger partial charge in [0.1, 0.15) is 16.8 Å². The third-order valence-corrected chi connectivity index (χ3v) is 5.72. The fourth-order valence-electron chi connectivity index (χ4n) is 2.82. The number of hydrogen-bond acceptors (Lipinski definition) is 9. The number of anilines is 1. The van der Waals surface area contributed by atoms with Gasteiger partial charge in [0.15, 0.2) is 16.7 Å². The van der Waals surface area contributed by atoms with Crippen molar-refractivity contribution in [3.8, 4) is 5.75 Å². The van der Waals surface area contributed by atoms with Crippen molar-refractivity contribution in [1.29, 1.82) is 5.41 Å². The van der Waals surface area contributed by atoms with Gasteiger partial charge < -0.3 is 30.9 Å². The fraction of sp³-hybridized carbons (Fsp3) is 0.333. The van der Waals surface area contributed by atoms with E-state index in [0.717, 1.165) is 17.4 Å². The van der Waals surface area contributed by atoms with E-state index in [1.54, 1.807) is 11.8 Å². The van der Waals surface area contributed by atoms with Crippen molar-refractivity contribution >= 4 is 46.1 Å². The van der Waals surface area contributed by atoms with Gasteiger partial charge in [-0.25, -0.2) is 19.0 Å². The Balaban J connectivity index is 1.97. The molecule has 1 aromatic carbocycles. The molecule has 6 N–H and O–H groups in total. The maximum absolute atomic E-state index is 14.1. The lowest BCUT2D eigenvalue weighted by Crippen LogP contribution is -2.42. The number of ether oxygens (including phenoxy) is 1. The van der Waals surface area contributed by atoms with Gasteiger partial charge in [0, 0.05) is 31.5 Å². The first-order chi connectivity index (χ1) is 16.5. The smallest absolute Gasteiger partial charge is 0.355 e. The standard InChI is InChI=1S/C21H24FN5O7S/c1-2-27(8-7-16(28)26-13(19(31)32)4-6-17(29)30)21-25-10-15(35-21)20(33)34-14-5-3-11(18(23)24)9-12(14)22/h3,5,9-10,13H,2,4,6-8H2,1H3,(H3,23,24)(H,26,28)(H,29,30)(H,31,32)/t13-/m1/s1. The van der Waals surface area contributed by atoms with E-state index in [-0.39, 0.29) is 41.4 Å². The second-order valence-electron chi connectivity index (χ2n) is 7.18. The number of esters is 1. The summed E-state index contributed by atoms with van der Waals surface area (Å²) in [4.78, 5) is 52.3. The summed E-state index contributed by atoms with van der Waals surface area (Å²) in [6, 6.07) is 2.18. The Morgan fingerprint density at radius 2 is 2.00 bits per heavy atom. The first kappa shape index (κ1) is 27.2. The number of aromatic nitrogens is 1. The monoisotopic (exact) mass is 509 g/mol. The highest BCUT2D eigenvalue weighted by Gasteiger charge is 2.22. The van der Waals surface area contributed by atoms with Crippen molar-refractivity contribution in [2.75, 3.05) is 18.0 Å². The van der Waals surface area contributed by atoms with E-state index in [1.807, 2.05) is 0 Å². The van der Waals surface area contributed by atoms with Crippen LogP contribution < -0.4 is 20.7 Å². The summed E-state index contributed by atoms with van der Waals surface area (Å²) >= 11 is 0.961. The number of nitrogens with one attached hydrogen (secondary N) is 2. The first-order valence-corrected chi connectivity index (χ1v) is 11.1. The van der Waals surface area contributed by atoms with Crippen LogP contribution in [0.3, 0.4) is 0 Å². The molecule has 1 aromatic heterocycles. The minimum Gasteiger partial charge on any atom is -0.481 e. The minimum absolute atomic E-state index is 0.0811. The van der Waals surface area contributed by atoms with Crippen molar-refractivity contribution in [1.82, 2.24) is 10.3 Å². The summed E-state index contributed by atoms with van der Waals surface area (Å²) in [7, 11) is 0. The van der Waals surface area contributed by atoms with Crippen LogP contribution in [0.4, 0.5) is 9.52 Å². The molecule has 0 saturated carbocycles. The summed E-state index contributed by atoms with van der Waals surface area (Å²) in [6.07, 6.45) is 0.502. The quantitative estimate of drug-likeness (QED) is 0.114. The van der Waals surface area contributed by atoms with E-state index < -0.39 is 42.1 Å². The number of carbonyl (C=O) groups is 4. The number of carbonyl (C=O) groups excluding carboxylic acids is 2. The molecule has 0 unspecified atom stereocenters. The Bertz CT molecular complexity index is 1120. The molecule has 0 aliphatic heterocycles. The lowest BCUT2D eigenvalue weighted by atomic mass is 10.1. The molecule has 1 amide bonds. The average Bonchev–Trinajstić information content (AvgIpc) is 3.28. The van der Waals surface area contributed by atoms with Gasteiger partial charge in [-0.2, -0.15) is 0 Å². The predicted octanol–water partition coefficient (Wildman–Crippen LogP) is 1.44. The molecule has 0 spiro atoms. The van der Waals surface area contributed by atoms with Gasteiger partial charge in [-0.1, -0.05) is 11.3 Å². The highest BCUT2D eigenvalue weighted by molar-refractivity contribution is 7.17. The molecule has 35 heavy (non-hydrogen) atoms. The third-order valence-electron chi connectivity index (χ3n) is 4.68. The number of carboxylic acids is 2. The molecule has 0 aliphatic carbocycles. The zero-order valence-electron chi connectivity index (χ0n) is 18.6. The zero-order valence-corrected chi connectivity index (χ0v) is 19.4. The number of nitrogen functional groups attached to an aromatic ring is 1. The molecule has 2 rings (SSSR count). The molecule has 0 saturated heterocycles. The molecular weight excluding hydrogens is 485 g/mol. The number of amides is 1. The first-order valence-electron chi connectivity index (χ1n) is 10.3. The summed E-state index contributed by atoms with van der Waals surface area (Å²) in [5.74, 6) is -5.46. The summed E-state index contributed by atoms with van der Waals surface area (Å²) in [6.45, 7) is 2.35. The Morgan fingerprint density at radius 1 is 1.29 bits per heavy atom. The zero-order chi connectivity index (χ0) is 26.1. The number of nitrogens with zero attached hydrogens (tertiary/aromatic N) is 2. The summed E-state index contributed by atoms with van der Waals surface area (Å²) in [5, 5.41) is 27.8. The van der Waals surface area contributed by atoms with E-state index in [0.29, 0.717) is 11.7 Å². The van der Waals surface area contributed by atoms with E-state index in [1.165, 1.54) is 18.3 Å². The maximum atomic E-state index is 14.1. The van der Waals surface area contributed by atoms with Crippen LogP contribution in [0.5, 0.6) is 5.75 Å². The fourth-order valence-corrected chi connectivity index (χ4v) is 3.71. The van der Waals surface area contributed by atoms with E-state index >= 15 is 0 Å². The van der Waals surface area contributed by atoms with Crippen LogP contribution in [-0.2, 0) is 14.4 Å². The molecule has 12 nitrogen and oxygen atoms in total. The molecule has 14 heteroatoms. The number of nitrogens with two attached hydrogens (primary N) is 1. The van der Waals surface area contributed by atoms with Crippen molar-refractivity contribution in [2.24, 2.45) is 5.73 Å². The number of benzene rings is 1. The molecule has 0 radical (unpaired) electrons. The number of halogens is 1. The molecule has 1 heterocycles. The molecule has 0 aliphatic rings. The van der Waals surface area contributed by atoms with Gasteiger partial charge in [-0.15, -0.1) is 0 Å². The van der Waals surface area contributed by atoms with Crippen LogP contribution in [0.15, 0.2) is 24.4 Å². The molecule has 0 bridgehead atoms. The molecule has 188 valence electrons. The Kier molecular flexibility index (Phi) is 9.64. The van der Waals surface area contributed by atoms with Gasteiger partial charge >= 0.3 is 17.9 Å². The average molecular weight is 510 g/mol. The van der Waals surface area contributed by atoms with Gasteiger partial charge in [0.2, 0.25) is 5.91 Å². The molecule has 1 atom stereocenters. The molecule has 2 aromatic rings. The summed E-state index contributed by atoms with van der Waals surface area (Å²) < 4.78 is 19.2. The van der Waals surface area contributed by atoms with Crippen molar-refractivity contribution in [3.63, 3.8) is 0 Å². The van der Waals surface area contributed by atoms with Crippen LogP contribution in [0.25, 0.3) is 0 Å². The lowest BCUT2D eigenvalue weighted by Gasteiger charge is -2.20. The van der Waals surface area contributed by atoms with E-state index in [2.05, 4.69) is 10.3 Å². The van der Waals surface area contributed by atoms with Gasteiger partial charge in [0.05, 0.1) is 6.20 Å². The van der Waals surface area contributed by atoms with Gasteiger partial charge in [-0.05, 0) is 31.5 Å². The predicted molar refractivity (Wildman–Crippen MR) is 123 cm³/mol. The summed E-state index contributed by atoms with van der Waals surface area (Å²) in [5.41, 5.74) is 5.44. The number of rotatable bonds is 13. The number of thiazole rings is 1. The Hall–Kier alpha value is -4.07. The second-order valence-corrected chi connectivity index (χ2v) is 8.19. The third kappa shape index (κ3) is 8.03. The molecule has 0 fully saturated rings. The lowest BCUT2D eigenvalue weighted by molar-refractivity contribution is -0.143. The van der Waals surface area contributed by atoms with E-state index in [4.69, 9.17) is 26.1 Å². The minimum atomic E-state index is -1.33. The highest BCUT2D eigenvalue weighted by atomic mass is 32.1. The number of carboxylic acid groups (broad SMARTS) is 2.